The van der Waals surface area contributed by atoms with Crippen LogP contribution in [-0.2, 0) is 9.59 Å². The summed E-state index contributed by atoms with van der Waals surface area (Å²) >= 11 is 0. The molecule has 4 atom stereocenters. The molecule has 0 radical (unpaired) electrons. The van der Waals surface area contributed by atoms with E-state index in [2.05, 4.69) is 10.6 Å². The molecule has 2 heterocycles. The van der Waals surface area contributed by atoms with Gasteiger partial charge >= 0.3 is 6.18 Å². The van der Waals surface area contributed by atoms with Gasteiger partial charge in [-0.3, -0.25) is 9.59 Å². The number of aliphatic hydroxyl groups excluding tert-OH is 1. The zero-order chi connectivity index (χ0) is 15.6. The van der Waals surface area contributed by atoms with Gasteiger partial charge in [0, 0.05) is 25.6 Å². The van der Waals surface area contributed by atoms with Crippen molar-refractivity contribution in [2.45, 2.75) is 31.2 Å². The van der Waals surface area contributed by atoms with Crippen LogP contribution in [0.1, 0.15) is 12.8 Å². The zero-order valence-corrected chi connectivity index (χ0v) is 12.5. The van der Waals surface area contributed by atoms with Crippen molar-refractivity contribution in [2.75, 3.05) is 19.6 Å². The lowest BCUT2D eigenvalue weighted by molar-refractivity contribution is -0.171. The zero-order valence-electron chi connectivity index (χ0n) is 11.7. The highest BCUT2D eigenvalue weighted by Gasteiger charge is 2.45. The standard InChI is InChI=1S/C12H18F3N3O3.ClH/c13-12(14,15)9-2-1-7(11(21)18-9)10(20)17-4-6-3-16-5-8(6)19;/h6-9,16,19H,1-5H2,(H,17,20)(H,18,21);1H. The summed E-state index contributed by atoms with van der Waals surface area (Å²) in [5.41, 5.74) is 0. The second-order valence-corrected chi connectivity index (χ2v) is 5.46. The van der Waals surface area contributed by atoms with Crippen LogP contribution in [-0.4, -0.2) is 54.9 Å². The van der Waals surface area contributed by atoms with Crippen LogP contribution >= 0.6 is 12.4 Å². The number of halogens is 4. The Morgan fingerprint density at radius 1 is 1.32 bits per heavy atom. The van der Waals surface area contributed by atoms with E-state index in [1.165, 1.54) is 0 Å². The molecule has 6 nitrogen and oxygen atoms in total. The number of alkyl halides is 3. The van der Waals surface area contributed by atoms with Crippen LogP contribution in [0.15, 0.2) is 0 Å². The van der Waals surface area contributed by atoms with Crippen molar-refractivity contribution in [3.05, 3.63) is 0 Å². The third-order valence-electron chi connectivity index (χ3n) is 3.93. The van der Waals surface area contributed by atoms with Crippen LogP contribution in [0.25, 0.3) is 0 Å². The first-order chi connectivity index (χ1) is 9.79. The van der Waals surface area contributed by atoms with E-state index >= 15 is 0 Å². The summed E-state index contributed by atoms with van der Waals surface area (Å²) in [5.74, 6) is -2.74. The van der Waals surface area contributed by atoms with Gasteiger partial charge < -0.3 is 21.1 Å². The molecule has 0 aromatic heterocycles. The molecule has 2 saturated heterocycles. The predicted octanol–water partition coefficient (Wildman–Crippen LogP) is -0.438. The minimum Gasteiger partial charge on any atom is -0.391 e. The molecule has 2 fully saturated rings. The molecule has 0 aromatic carbocycles. The second-order valence-electron chi connectivity index (χ2n) is 5.46. The number of hydrogen-bond donors (Lipinski definition) is 4. The highest BCUT2D eigenvalue weighted by molar-refractivity contribution is 6.00. The van der Waals surface area contributed by atoms with Crippen molar-refractivity contribution in [3.63, 3.8) is 0 Å². The number of carbonyl (C=O) groups is 2. The maximum atomic E-state index is 12.5. The molecule has 0 aliphatic carbocycles. The van der Waals surface area contributed by atoms with Crippen molar-refractivity contribution in [2.24, 2.45) is 11.8 Å². The molecule has 2 amide bonds. The van der Waals surface area contributed by atoms with Crippen molar-refractivity contribution in [1.29, 1.82) is 0 Å². The average molecular weight is 346 g/mol. The Bertz CT molecular complexity index is 422. The summed E-state index contributed by atoms with van der Waals surface area (Å²) in [4.78, 5) is 23.5. The molecule has 0 spiro atoms. The number of β-amino-alcohol motifs (C(OH)–C–C–N with tert-alkyl or cyclic N) is 1. The summed E-state index contributed by atoms with van der Waals surface area (Å²) in [6.07, 6.45) is -5.49. The number of rotatable bonds is 3. The third kappa shape index (κ3) is 4.47. The topological polar surface area (TPSA) is 90.5 Å². The molecule has 2 aliphatic rings. The molecule has 4 N–H and O–H groups in total. The second kappa shape index (κ2) is 7.47. The number of hydrogen-bond acceptors (Lipinski definition) is 4. The van der Waals surface area contributed by atoms with E-state index in [4.69, 9.17) is 0 Å². The number of piperidine rings is 1. The first-order valence-electron chi connectivity index (χ1n) is 6.82. The van der Waals surface area contributed by atoms with Crippen LogP contribution in [0, 0.1) is 11.8 Å². The third-order valence-corrected chi connectivity index (χ3v) is 3.93. The van der Waals surface area contributed by atoms with Crippen LogP contribution in [0.4, 0.5) is 13.2 Å². The monoisotopic (exact) mass is 345 g/mol. The normalized spacial score (nSPS) is 32.1. The Labute approximate surface area is 131 Å². The van der Waals surface area contributed by atoms with Crippen molar-refractivity contribution in [3.8, 4) is 0 Å². The van der Waals surface area contributed by atoms with Crippen molar-refractivity contribution < 1.29 is 27.9 Å². The fourth-order valence-corrected chi connectivity index (χ4v) is 2.59. The number of aliphatic hydroxyl groups is 1. The van der Waals surface area contributed by atoms with Gasteiger partial charge in [-0.1, -0.05) is 0 Å². The van der Waals surface area contributed by atoms with Crippen LogP contribution in [0.5, 0.6) is 0 Å². The van der Waals surface area contributed by atoms with Gasteiger partial charge in [0.1, 0.15) is 12.0 Å². The molecule has 0 aromatic rings. The molecule has 4 unspecified atom stereocenters. The Hall–Kier alpha value is -1.06. The first-order valence-corrected chi connectivity index (χ1v) is 6.82. The van der Waals surface area contributed by atoms with Crippen molar-refractivity contribution >= 4 is 24.2 Å². The van der Waals surface area contributed by atoms with Gasteiger partial charge in [0.2, 0.25) is 11.8 Å². The van der Waals surface area contributed by atoms with E-state index in [9.17, 15) is 27.9 Å². The van der Waals surface area contributed by atoms with Crippen LogP contribution < -0.4 is 16.0 Å². The molecular weight excluding hydrogens is 327 g/mol. The van der Waals surface area contributed by atoms with Gasteiger partial charge in [-0.15, -0.1) is 12.4 Å². The lowest BCUT2D eigenvalue weighted by atomic mass is 9.92. The molecule has 2 aliphatic heterocycles. The van der Waals surface area contributed by atoms with Gasteiger partial charge in [0.15, 0.2) is 0 Å². The average Bonchev–Trinajstić information content (AvgIpc) is 2.80. The summed E-state index contributed by atoms with van der Waals surface area (Å²) in [6, 6.07) is -1.88. The number of nitrogens with one attached hydrogen (secondary N) is 3. The SMILES string of the molecule is Cl.O=C(NCC1CNCC1O)C1CCC(C(F)(F)F)NC1=O. The minimum atomic E-state index is -4.49. The Morgan fingerprint density at radius 3 is 2.50 bits per heavy atom. The minimum absolute atomic E-state index is 0. The fraction of sp³-hybridized carbons (Fsp3) is 0.833. The number of carbonyl (C=O) groups excluding carboxylic acids is 2. The van der Waals surface area contributed by atoms with Crippen LogP contribution in [0.2, 0.25) is 0 Å². The number of amides is 2. The lowest BCUT2D eigenvalue weighted by Crippen LogP contribution is -2.54. The van der Waals surface area contributed by atoms with Gasteiger partial charge in [-0.25, -0.2) is 0 Å². The van der Waals surface area contributed by atoms with E-state index < -0.39 is 36.1 Å². The molecule has 2 rings (SSSR count). The smallest absolute Gasteiger partial charge is 0.391 e. The first kappa shape index (κ1) is 19.0. The molecule has 0 bridgehead atoms. The quantitative estimate of drug-likeness (QED) is 0.522. The fourth-order valence-electron chi connectivity index (χ4n) is 2.59. The summed E-state index contributed by atoms with van der Waals surface area (Å²) < 4.78 is 37.5. The van der Waals surface area contributed by atoms with Crippen LogP contribution in [0.3, 0.4) is 0 Å². The maximum Gasteiger partial charge on any atom is 0.408 e. The van der Waals surface area contributed by atoms with E-state index in [-0.39, 0.29) is 37.7 Å². The highest BCUT2D eigenvalue weighted by Crippen LogP contribution is 2.28. The Morgan fingerprint density at radius 2 is 2.00 bits per heavy atom. The molecular formula is C12H19ClF3N3O3. The summed E-state index contributed by atoms with van der Waals surface area (Å²) in [5, 5.41) is 16.9. The molecule has 10 heteroatoms. The van der Waals surface area contributed by atoms with Gasteiger partial charge in [-0.05, 0) is 12.8 Å². The van der Waals surface area contributed by atoms with Gasteiger partial charge in [-0.2, -0.15) is 13.2 Å². The largest absolute Gasteiger partial charge is 0.408 e. The molecule has 128 valence electrons. The molecule has 22 heavy (non-hydrogen) atoms. The van der Waals surface area contributed by atoms with E-state index in [0.29, 0.717) is 13.1 Å². The van der Waals surface area contributed by atoms with E-state index in [1.807, 2.05) is 5.32 Å². The van der Waals surface area contributed by atoms with E-state index in [1.54, 1.807) is 0 Å². The maximum absolute atomic E-state index is 12.5. The highest BCUT2D eigenvalue weighted by atomic mass is 35.5. The predicted molar refractivity (Wildman–Crippen MR) is 73.3 cm³/mol. The van der Waals surface area contributed by atoms with E-state index in [0.717, 1.165) is 0 Å². The van der Waals surface area contributed by atoms with Gasteiger partial charge in [0.05, 0.1) is 6.10 Å². The lowest BCUT2D eigenvalue weighted by Gasteiger charge is -2.30. The Kier molecular flexibility index (Phi) is 6.45. The Balaban J connectivity index is 0.00000242. The summed E-state index contributed by atoms with van der Waals surface area (Å²) in [6.45, 7) is 1.19. The van der Waals surface area contributed by atoms with Crippen molar-refractivity contribution in [1.82, 2.24) is 16.0 Å². The molecule has 0 saturated carbocycles. The van der Waals surface area contributed by atoms with Gasteiger partial charge in [0.25, 0.3) is 0 Å². The summed E-state index contributed by atoms with van der Waals surface area (Å²) in [7, 11) is 0.